The molecule has 7 nitrogen and oxygen atoms in total. The van der Waals surface area contributed by atoms with Gasteiger partial charge in [0, 0.05) is 42.4 Å². The van der Waals surface area contributed by atoms with E-state index in [9.17, 15) is 14.9 Å². The van der Waals surface area contributed by atoms with Crippen LogP contribution in [0.15, 0.2) is 48.7 Å². The molecule has 0 aliphatic rings. The summed E-state index contributed by atoms with van der Waals surface area (Å²) in [5.74, 6) is 0.537. The molecule has 0 amide bonds. The fourth-order valence-corrected chi connectivity index (χ4v) is 2.52. The standard InChI is InChI=1S/C17H15N3O4/c1-11(21)19-10-16(15-8-7-14(24-2)9-17(15)19)18-12-3-5-13(6-4-12)20(22)23/h3-10,18H,1-2H3. The minimum Gasteiger partial charge on any atom is -0.497 e. The van der Waals surface area contributed by atoms with E-state index in [1.54, 1.807) is 31.5 Å². The molecule has 0 atom stereocenters. The number of fused-ring (bicyclic) bond motifs is 1. The summed E-state index contributed by atoms with van der Waals surface area (Å²) in [5, 5.41) is 14.8. The van der Waals surface area contributed by atoms with E-state index in [0.29, 0.717) is 11.4 Å². The highest BCUT2D eigenvalue weighted by atomic mass is 16.6. The quantitative estimate of drug-likeness (QED) is 0.579. The zero-order valence-corrected chi connectivity index (χ0v) is 13.1. The minimum atomic E-state index is -0.447. The molecule has 2 aromatic carbocycles. The van der Waals surface area contributed by atoms with Crippen molar-refractivity contribution in [1.29, 1.82) is 0 Å². The van der Waals surface area contributed by atoms with Crippen molar-refractivity contribution in [3.8, 4) is 5.75 Å². The van der Waals surface area contributed by atoms with Gasteiger partial charge in [0.05, 0.1) is 23.2 Å². The smallest absolute Gasteiger partial charge is 0.269 e. The van der Waals surface area contributed by atoms with Crippen LogP contribution < -0.4 is 10.1 Å². The number of hydrogen-bond acceptors (Lipinski definition) is 5. The van der Waals surface area contributed by atoms with Crippen LogP contribution in [0.25, 0.3) is 10.9 Å². The third-order valence-electron chi connectivity index (χ3n) is 3.71. The Bertz CT molecular complexity index is 929. The van der Waals surface area contributed by atoms with Crippen LogP contribution in [-0.2, 0) is 0 Å². The van der Waals surface area contributed by atoms with Crippen molar-refractivity contribution in [3.63, 3.8) is 0 Å². The van der Waals surface area contributed by atoms with E-state index in [-0.39, 0.29) is 11.6 Å². The van der Waals surface area contributed by atoms with Gasteiger partial charge in [-0.15, -0.1) is 0 Å². The van der Waals surface area contributed by atoms with Crippen LogP contribution in [0, 0.1) is 10.1 Å². The summed E-state index contributed by atoms with van der Waals surface area (Å²) >= 11 is 0. The van der Waals surface area contributed by atoms with Crippen LogP contribution in [0.4, 0.5) is 17.1 Å². The number of carbonyl (C=O) groups excluding carboxylic acids is 1. The number of non-ortho nitro benzene ring substituents is 1. The lowest BCUT2D eigenvalue weighted by Crippen LogP contribution is -2.03. The van der Waals surface area contributed by atoms with E-state index in [2.05, 4.69) is 5.32 Å². The Kier molecular flexibility index (Phi) is 3.91. The van der Waals surface area contributed by atoms with Crippen LogP contribution in [0.2, 0.25) is 0 Å². The van der Waals surface area contributed by atoms with Crippen LogP contribution in [0.3, 0.4) is 0 Å². The molecule has 3 rings (SSSR count). The number of methoxy groups -OCH3 is 1. The Morgan fingerprint density at radius 2 is 1.92 bits per heavy atom. The molecule has 0 spiro atoms. The van der Waals surface area contributed by atoms with Crippen LogP contribution >= 0.6 is 0 Å². The highest BCUT2D eigenvalue weighted by Gasteiger charge is 2.13. The molecule has 0 aliphatic heterocycles. The number of hydrogen-bond donors (Lipinski definition) is 1. The Balaban J connectivity index is 2.03. The van der Waals surface area contributed by atoms with Gasteiger partial charge in [-0.05, 0) is 24.3 Å². The summed E-state index contributed by atoms with van der Waals surface area (Å²) < 4.78 is 6.74. The number of benzene rings is 2. The third kappa shape index (κ3) is 2.79. The molecule has 24 heavy (non-hydrogen) atoms. The van der Waals surface area contributed by atoms with Gasteiger partial charge in [-0.3, -0.25) is 19.5 Å². The maximum absolute atomic E-state index is 11.9. The summed E-state index contributed by atoms with van der Waals surface area (Å²) in [6.07, 6.45) is 1.70. The number of rotatable bonds is 4. The lowest BCUT2D eigenvalue weighted by Gasteiger charge is -2.05. The highest BCUT2D eigenvalue weighted by Crippen LogP contribution is 2.31. The summed E-state index contributed by atoms with van der Waals surface area (Å²) in [6.45, 7) is 1.48. The van der Waals surface area contributed by atoms with Crippen molar-refractivity contribution in [3.05, 3.63) is 58.8 Å². The summed E-state index contributed by atoms with van der Waals surface area (Å²) in [6, 6.07) is 11.6. The molecular weight excluding hydrogens is 310 g/mol. The lowest BCUT2D eigenvalue weighted by atomic mass is 10.2. The number of aromatic nitrogens is 1. The van der Waals surface area contributed by atoms with E-state index in [4.69, 9.17) is 4.74 Å². The van der Waals surface area contributed by atoms with Crippen molar-refractivity contribution >= 4 is 33.9 Å². The molecule has 7 heteroatoms. The van der Waals surface area contributed by atoms with Gasteiger partial charge in [0.2, 0.25) is 5.91 Å². The number of ether oxygens (including phenoxy) is 1. The predicted molar refractivity (Wildman–Crippen MR) is 91.2 cm³/mol. The monoisotopic (exact) mass is 325 g/mol. The maximum Gasteiger partial charge on any atom is 0.269 e. The normalized spacial score (nSPS) is 10.6. The lowest BCUT2D eigenvalue weighted by molar-refractivity contribution is -0.384. The first-order chi connectivity index (χ1) is 11.5. The minimum absolute atomic E-state index is 0.0245. The molecule has 0 unspecified atom stereocenters. The van der Waals surface area contributed by atoms with Crippen molar-refractivity contribution < 1.29 is 14.5 Å². The summed E-state index contributed by atoms with van der Waals surface area (Å²) in [4.78, 5) is 22.1. The second kappa shape index (κ2) is 6.04. The van der Waals surface area contributed by atoms with E-state index in [0.717, 1.165) is 16.6 Å². The first-order valence-corrected chi connectivity index (χ1v) is 7.21. The molecule has 0 radical (unpaired) electrons. The van der Waals surface area contributed by atoms with E-state index >= 15 is 0 Å². The largest absolute Gasteiger partial charge is 0.497 e. The first-order valence-electron chi connectivity index (χ1n) is 7.21. The summed E-state index contributed by atoms with van der Waals surface area (Å²) in [5.41, 5.74) is 2.18. The second-order valence-corrected chi connectivity index (χ2v) is 5.24. The molecule has 0 fully saturated rings. The molecule has 3 aromatic rings. The van der Waals surface area contributed by atoms with Gasteiger partial charge in [0.1, 0.15) is 5.75 Å². The van der Waals surface area contributed by atoms with Crippen molar-refractivity contribution in [2.24, 2.45) is 0 Å². The van der Waals surface area contributed by atoms with Crippen molar-refractivity contribution in [2.45, 2.75) is 6.92 Å². The van der Waals surface area contributed by atoms with E-state index in [1.165, 1.54) is 23.6 Å². The average molecular weight is 325 g/mol. The maximum atomic E-state index is 11.9. The summed E-state index contributed by atoms with van der Waals surface area (Å²) in [7, 11) is 1.57. The molecule has 0 saturated heterocycles. The number of nitrogens with zero attached hydrogens (tertiary/aromatic N) is 2. The molecule has 0 aliphatic carbocycles. The molecule has 1 heterocycles. The number of carbonyl (C=O) groups is 1. The zero-order chi connectivity index (χ0) is 17.3. The zero-order valence-electron chi connectivity index (χ0n) is 13.1. The molecular formula is C17H15N3O4. The van der Waals surface area contributed by atoms with Gasteiger partial charge >= 0.3 is 0 Å². The molecule has 0 saturated carbocycles. The van der Waals surface area contributed by atoms with E-state index < -0.39 is 4.92 Å². The van der Waals surface area contributed by atoms with E-state index in [1.807, 2.05) is 12.1 Å². The number of nitro benzene ring substituents is 1. The van der Waals surface area contributed by atoms with Crippen LogP contribution in [-0.4, -0.2) is 22.5 Å². The SMILES string of the molecule is COc1ccc2c(Nc3ccc([N+](=O)[O-])cc3)cn(C(C)=O)c2c1. The second-order valence-electron chi connectivity index (χ2n) is 5.24. The topological polar surface area (TPSA) is 86.4 Å². The van der Waals surface area contributed by atoms with Crippen LogP contribution in [0.5, 0.6) is 5.75 Å². The Morgan fingerprint density at radius 1 is 1.21 bits per heavy atom. The number of nitro groups is 1. The third-order valence-corrected chi connectivity index (χ3v) is 3.71. The Hall–Kier alpha value is -3.35. The predicted octanol–water partition coefficient (Wildman–Crippen LogP) is 3.96. The van der Waals surface area contributed by atoms with Crippen molar-refractivity contribution in [2.75, 3.05) is 12.4 Å². The molecule has 122 valence electrons. The Labute approximate surface area is 137 Å². The first kappa shape index (κ1) is 15.5. The van der Waals surface area contributed by atoms with Gasteiger partial charge in [-0.2, -0.15) is 0 Å². The Morgan fingerprint density at radius 3 is 2.50 bits per heavy atom. The number of anilines is 2. The molecule has 1 N–H and O–H groups in total. The van der Waals surface area contributed by atoms with Gasteiger partial charge in [0.15, 0.2) is 0 Å². The molecule has 0 bridgehead atoms. The van der Waals surface area contributed by atoms with Crippen molar-refractivity contribution in [1.82, 2.24) is 4.57 Å². The number of nitrogens with one attached hydrogen (secondary N) is 1. The fraction of sp³-hybridized carbons (Fsp3) is 0.118. The highest BCUT2D eigenvalue weighted by molar-refractivity contribution is 6.01. The van der Waals surface area contributed by atoms with Gasteiger partial charge in [-0.25, -0.2) is 0 Å². The van der Waals surface area contributed by atoms with Gasteiger partial charge in [-0.1, -0.05) is 0 Å². The van der Waals surface area contributed by atoms with Gasteiger partial charge < -0.3 is 10.1 Å². The van der Waals surface area contributed by atoms with Gasteiger partial charge in [0.25, 0.3) is 5.69 Å². The molecule has 1 aromatic heterocycles. The fourth-order valence-electron chi connectivity index (χ4n) is 2.52. The van der Waals surface area contributed by atoms with Crippen LogP contribution in [0.1, 0.15) is 11.7 Å². The average Bonchev–Trinajstić information content (AvgIpc) is 2.93.